The lowest BCUT2D eigenvalue weighted by Gasteiger charge is -2.16. The molecule has 2 heterocycles. The highest BCUT2D eigenvalue weighted by molar-refractivity contribution is 5.68. The topological polar surface area (TPSA) is 81.4 Å². The van der Waals surface area contributed by atoms with E-state index in [0.717, 1.165) is 0 Å². The maximum atomic E-state index is 13.0. The van der Waals surface area contributed by atoms with Gasteiger partial charge in [0.1, 0.15) is 17.9 Å². The van der Waals surface area contributed by atoms with Crippen LogP contribution in [-0.4, -0.2) is 11.0 Å². The molecule has 0 aliphatic heterocycles. The predicted molar refractivity (Wildman–Crippen MR) is 90.1 cm³/mol. The number of hydrogen-bond donors (Lipinski definition) is 0. The van der Waals surface area contributed by atoms with E-state index in [9.17, 15) is 9.90 Å². The van der Waals surface area contributed by atoms with Gasteiger partial charge in [-0.1, -0.05) is 18.2 Å². The molecule has 25 heavy (non-hydrogen) atoms. The van der Waals surface area contributed by atoms with Crippen LogP contribution in [0.5, 0.6) is 11.6 Å². The maximum Gasteiger partial charge on any atom is 0.349 e. The molecule has 0 atom stereocenters. The van der Waals surface area contributed by atoms with Crippen molar-refractivity contribution in [3.8, 4) is 28.8 Å². The normalized spacial score (nSPS) is 10.6. The molecule has 126 valence electrons. The van der Waals surface area contributed by atoms with E-state index in [0.29, 0.717) is 23.6 Å². The van der Waals surface area contributed by atoms with E-state index in [2.05, 4.69) is 0 Å². The molecule has 0 aliphatic carbocycles. The average Bonchev–Trinajstić information content (AvgIpc) is 2.62. The van der Waals surface area contributed by atoms with E-state index in [-0.39, 0.29) is 24.1 Å². The third-order valence-corrected chi connectivity index (χ3v) is 3.89. The van der Waals surface area contributed by atoms with Crippen LogP contribution in [-0.2, 0) is 6.54 Å². The Kier molecular flexibility index (Phi) is 4.66. The molecule has 0 spiro atoms. The van der Waals surface area contributed by atoms with E-state index in [1.165, 1.54) is 8.97 Å². The summed E-state index contributed by atoms with van der Waals surface area (Å²) < 4.78 is 8.37. The number of benzene rings is 1. The van der Waals surface area contributed by atoms with Gasteiger partial charge >= 0.3 is 5.56 Å². The molecule has 0 fully saturated rings. The van der Waals surface area contributed by atoms with Crippen LogP contribution in [0.4, 0.5) is 0 Å². The Morgan fingerprint density at radius 2 is 2.12 bits per heavy atom. The summed E-state index contributed by atoms with van der Waals surface area (Å²) in [6, 6.07) is 14.1. The van der Waals surface area contributed by atoms with Crippen molar-refractivity contribution in [3.63, 3.8) is 0 Å². The first-order chi connectivity index (χ1) is 12.2. The van der Waals surface area contributed by atoms with Gasteiger partial charge in [-0.2, -0.15) is 9.66 Å². The van der Waals surface area contributed by atoms with Gasteiger partial charge in [-0.15, -0.1) is 0 Å². The van der Waals surface area contributed by atoms with Gasteiger partial charge < -0.3 is 9.84 Å². The molecule has 0 bridgehead atoms. The molecular formula is C19H17N3O3. The molecule has 3 rings (SSSR count). The fourth-order valence-corrected chi connectivity index (χ4v) is 2.81. The van der Waals surface area contributed by atoms with E-state index < -0.39 is 5.88 Å². The second-order valence-corrected chi connectivity index (χ2v) is 5.43. The van der Waals surface area contributed by atoms with Crippen LogP contribution in [0.15, 0.2) is 53.5 Å². The number of pyridine rings is 1. The molecule has 0 N–H and O–H groups in total. The van der Waals surface area contributed by atoms with Gasteiger partial charge in [0, 0.05) is 6.07 Å². The fraction of sp³-hybridized carbons (Fsp3) is 0.211. The Morgan fingerprint density at radius 3 is 2.88 bits per heavy atom. The summed E-state index contributed by atoms with van der Waals surface area (Å²) in [6.45, 7) is 2.58. The van der Waals surface area contributed by atoms with E-state index >= 15 is 0 Å². The summed E-state index contributed by atoms with van der Waals surface area (Å²) >= 11 is 0. The summed E-state index contributed by atoms with van der Waals surface area (Å²) in [5.41, 5.74) is 0.660. The summed E-state index contributed by atoms with van der Waals surface area (Å²) in [5, 5.41) is 21.9. The number of aryl methyl sites for hydroxylation is 1. The highest BCUT2D eigenvalue weighted by Gasteiger charge is 2.19. The minimum Gasteiger partial charge on any atom is -0.842 e. The first-order valence-corrected chi connectivity index (χ1v) is 8.01. The molecule has 0 radical (unpaired) electrons. The second kappa shape index (κ2) is 7.05. The van der Waals surface area contributed by atoms with Crippen molar-refractivity contribution >= 4 is 5.65 Å². The van der Waals surface area contributed by atoms with E-state index in [4.69, 9.17) is 10.00 Å². The molecule has 6 nitrogen and oxygen atoms in total. The van der Waals surface area contributed by atoms with Crippen LogP contribution in [0, 0.1) is 11.3 Å². The number of ether oxygens (including phenoxy) is 1. The van der Waals surface area contributed by atoms with Crippen molar-refractivity contribution in [1.82, 2.24) is 4.40 Å². The zero-order valence-corrected chi connectivity index (χ0v) is 13.8. The summed E-state index contributed by atoms with van der Waals surface area (Å²) in [5.74, 6) is 0.195. The Labute approximate surface area is 144 Å². The Morgan fingerprint density at radius 1 is 1.28 bits per heavy atom. The summed E-state index contributed by atoms with van der Waals surface area (Å²) in [4.78, 5) is 12.9. The quantitative estimate of drug-likeness (QED) is 0.664. The fourth-order valence-electron chi connectivity index (χ4n) is 2.81. The smallest absolute Gasteiger partial charge is 0.349 e. The average molecular weight is 335 g/mol. The highest BCUT2D eigenvalue weighted by Crippen LogP contribution is 2.25. The van der Waals surface area contributed by atoms with Crippen LogP contribution >= 0.6 is 0 Å². The monoisotopic (exact) mass is 335 g/mol. The first-order valence-electron chi connectivity index (χ1n) is 8.01. The molecule has 1 aromatic carbocycles. The van der Waals surface area contributed by atoms with Gasteiger partial charge in [-0.25, -0.2) is 9.36 Å². The molecule has 0 unspecified atom stereocenters. The van der Waals surface area contributed by atoms with Gasteiger partial charge in [0.05, 0.1) is 31.2 Å². The summed E-state index contributed by atoms with van der Waals surface area (Å²) in [7, 11) is 0. The SMILES string of the molecule is CCOc1cccc(-c2c([O-])[n+](CCC#N)c3ccccn3c2=O)c1. The first kappa shape index (κ1) is 16.5. The maximum absolute atomic E-state index is 13.0. The second-order valence-electron chi connectivity index (χ2n) is 5.43. The minimum absolute atomic E-state index is 0.0724. The zero-order valence-electron chi connectivity index (χ0n) is 13.8. The van der Waals surface area contributed by atoms with Gasteiger partial charge in [-0.3, -0.25) is 0 Å². The van der Waals surface area contributed by atoms with Crippen LogP contribution in [0.25, 0.3) is 16.8 Å². The Balaban J connectivity index is 2.30. The van der Waals surface area contributed by atoms with Crippen molar-refractivity contribution in [1.29, 1.82) is 5.26 Å². The van der Waals surface area contributed by atoms with Gasteiger partial charge in [0.25, 0.3) is 5.65 Å². The van der Waals surface area contributed by atoms with Gasteiger partial charge in [0.15, 0.2) is 0 Å². The predicted octanol–water partition coefficient (Wildman–Crippen LogP) is 1.64. The molecule has 3 aromatic rings. The number of aromatic nitrogens is 2. The standard InChI is InChI=1S/C19H17N3O3/c1-2-25-15-8-5-7-14(13-15)17-18(23)21-11-4-3-9-16(21)22(19(17)24)12-6-10-20/h3-5,7-9,11,13H,2,6,12H2,1H3. The number of rotatable bonds is 5. The van der Waals surface area contributed by atoms with Gasteiger partial charge in [-0.05, 0) is 30.7 Å². The lowest BCUT2D eigenvalue weighted by Crippen LogP contribution is -2.43. The van der Waals surface area contributed by atoms with Gasteiger partial charge in [0.2, 0.25) is 0 Å². The molecule has 0 amide bonds. The Hall–Kier alpha value is -3.33. The molecular weight excluding hydrogens is 318 g/mol. The zero-order chi connectivity index (χ0) is 17.8. The summed E-state index contributed by atoms with van der Waals surface area (Å²) in [6.07, 6.45) is 1.80. The third kappa shape index (κ3) is 3.04. The number of fused-ring (bicyclic) bond motifs is 1. The molecule has 0 saturated carbocycles. The third-order valence-electron chi connectivity index (χ3n) is 3.89. The van der Waals surface area contributed by atoms with E-state index in [1.54, 1.807) is 48.7 Å². The van der Waals surface area contributed by atoms with Crippen LogP contribution < -0.4 is 20.0 Å². The molecule has 0 saturated heterocycles. The van der Waals surface area contributed by atoms with Crippen LogP contribution in [0.2, 0.25) is 0 Å². The largest absolute Gasteiger partial charge is 0.842 e. The van der Waals surface area contributed by atoms with Crippen LogP contribution in [0.3, 0.4) is 0 Å². The van der Waals surface area contributed by atoms with Crippen molar-refractivity contribution in [2.45, 2.75) is 19.9 Å². The Bertz CT molecular complexity index is 1020. The van der Waals surface area contributed by atoms with Crippen molar-refractivity contribution in [2.75, 3.05) is 6.61 Å². The lowest BCUT2D eigenvalue weighted by atomic mass is 10.1. The minimum atomic E-state index is -0.403. The van der Waals surface area contributed by atoms with E-state index in [1.807, 2.05) is 13.0 Å². The number of nitrogens with zero attached hydrogens (tertiary/aromatic N) is 3. The van der Waals surface area contributed by atoms with Crippen molar-refractivity contribution in [3.05, 3.63) is 59.0 Å². The van der Waals surface area contributed by atoms with Crippen LogP contribution in [0.1, 0.15) is 13.3 Å². The van der Waals surface area contributed by atoms with Crippen molar-refractivity contribution in [2.24, 2.45) is 0 Å². The number of nitriles is 1. The van der Waals surface area contributed by atoms with Crippen molar-refractivity contribution < 1.29 is 14.4 Å². The molecule has 6 heteroatoms. The number of hydrogen-bond acceptors (Lipinski definition) is 4. The molecule has 2 aromatic heterocycles. The lowest BCUT2D eigenvalue weighted by molar-refractivity contribution is -0.714. The molecule has 0 aliphatic rings. The highest BCUT2D eigenvalue weighted by atomic mass is 16.5.